The van der Waals surface area contributed by atoms with E-state index in [1.165, 1.54) is 76.2 Å². The fraction of sp³-hybridized carbons (Fsp3) is 0.652. The minimum atomic E-state index is 0.402. The lowest BCUT2D eigenvalue weighted by molar-refractivity contribution is 0.498. The molecule has 1 aromatic carbocycles. The van der Waals surface area contributed by atoms with Crippen molar-refractivity contribution in [1.82, 2.24) is 0 Å². The number of allylic oxidation sites excluding steroid dienone is 1. The van der Waals surface area contributed by atoms with Crippen LogP contribution in [0.15, 0.2) is 36.4 Å². The van der Waals surface area contributed by atoms with Crippen LogP contribution in [0, 0.1) is 0 Å². The van der Waals surface area contributed by atoms with Crippen molar-refractivity contribution >= 4 is 6.08 Å². The van der Waals surface area contributed by atoms with E-state index in [-0.39, 0.29) is 0 Å². The maximum atomic E-state index is 6.24. The Labute approximate surface area is 150 Å². The van der Waals surface area contributed by atoms with Gasteiger partial charge in [0.05, 0.1) is 0 Å². The molecule has 0 aliphatic heterocycles. The van der Waals surface area contributed by atoms with Crippen LogP contribution in [-0.4, -0.2) is 6.04 Å². The number of hydrogen-bond acceptors (Lipinski definition) is 1. The van der Waals surface area contributed by atoms with E-state index in [0.717, 1.165) is 12.8 Å². The number of benzene rings is 1. The van der Waals surface area contributed by atoms with Crippen LogP contribution in [0.25, 0.3) is 6.08 Å². The van der Waals surface area contributed by atoms with Gasteiger partial charge in [-0.15, -0.1) is 0 Å². The highest BCUT2D eigenvalue weighted by molar-refractivity contribution is 5.48. The maximum absolute atomic E-state index is 6.24. The third kappa shape index (κ3) is 12.4. The highest BCUT2D eigenvalue weighted by Gasteiger charge is 2.01. The van der Waals surface area contributed by atoms with E-state index in [2.05, 4.69) is 49.4 Å². The number of nitrogens with two attached hydrogens (primary N) is 1. The molecule has 0 aliphatic rings. The van der Waals surface area contributed by atoms with Gasteiger partial charge in [0, 0.05) is 6.04 Å². The highest BCUT2D eigenvalue weighted by atomic mass is 14.6. The summed E-state index contributed by atoms with van der Waals surface area (Å²) < 4.78 is 0. The first-order valence-corrected chi connectivity index (χ1v) is 10.3. The third-order valence-electron chi connectivity index (χ3n) is 4.73. The van der Waals surface area contributed by atoms with E-state index in [1.807, 2.05) is 0 Å². The van der Waals surface area contributed by atoms with E-state index in [0.29, 0.717) is 6.04 Å². The predicted molar refractivity (Wildman–Crippen MR) is 109 cm³/mol. The molecule has 0 heterocycles. The summed E-state index contributed by atoms with van der Waals surface area (Å²) in [6.45, 7) is 2.28. The molecular formula is C23H39N. The average molecular weight is 330 g/mol. The highest BCUT2D eigenvalue weighted by Crippen LogP contribution is 2.13. The molecule has 0 aromatic heterocycles. The van der Waals surface area contributed by atoms with Crippen molar-refractivity contribution in [2.45, 2.75) is 96.4 Å². The van der Waals surface area contributed by atoms with Crippen LogP contribution in [0.1, 0.15) is 96.0 Å². The summed E-state index contributed by atoms with van der Waals surface area (Å²) in [5.41, 5.74) is 7.53. The van der Waals surface area contributed by atoms with Crippen molar-refractivity contribution < 1.29 is 0 Å². The van der Waals surface area contributed by atoms with E-state index in [4.69, 9.17) is 5.73 Å². The smallest absolute Gasteiger partial charge is 0.00389 e. The van der Waals surface area contributed by atoms with Gasteiger partial charge in [-0.1, -0.05) is 107 Å². The quantitative estimate of drug-likeness (QED) is 0.341. The van der Waals surface area contributed by atoms with E-state index < -0.39 is 0 Å². The van der Waals surface area contributed by atoms with Crippen LogP contribution in [0.5, 0.6) is 0 Å². The van der Waals surface area contributed by atoms with Gasteiger partial charge in [-0.25, -0.2) is 0 Å². The molecule has 0 saturated heterocycles. The molecule has 0 radical (unpaired) electrons. The Morgan fingerprint density at radius 2 is 1.38 bits per heavy atom. The standard InChI is InChI=1S/C23H39N/c1-2-3-4-5-6-7-8-9-15-20-23(24)21-16-11-14-19-22-17-12-10-13-18-22/h10,12-14,17-19,23H,2-9,11,15-16,20-21,24H2,1H3. The molecule has 2 N–H and O–H groups in total. The van der Waals surface area contributed by atoms with Crippen molar-refractivity contribution in [2.75, 3.05) is 0 Å². The molecule has 0 saturated carbocycles. The monoisotopic (exact) mass is 329 g/mol. The molecule has 0 bridgehead atoms. The molecule has 0 amide bonds. The number of unbranched alkanes of at least 4 members (excludes halogenated alkanes) is 9. The number of hydrogen-bond donors (Lipinski definition) is 1. The lowest BCUT2D eigenvalue weighted by atomic mass is 10.0. The van der Waals surface area contributed by atoms with Gasteiger partial charge >= 0.3 is 0 Å². The van der Waals surface area contributed by atoms with Crippen molar-refractivity contribution in [3.63, 3.8) is 0 Å². The Balaban J connectivity index is 1.88. The second-order valence-electron chi connectivity index (χ2n) is 7.12. The fourth-order valence-corrected chi connectivity index (χ4v) is 3.14. The SMILES string of the molecule is CCCCCCCCCCCC(N)CCCC=Cc1ccccc1. The molecule has 1 atom stereocenters. The van der Waals surface area contributed by atoms with Crippen molar-refractivity contribution in [3.8, 4) is 0 Å². The number of rotatable bonds is 15. The van der Waals surface area contributed by atoms with Crippen LogP contribution in [0.4, 0.5) is 0 Å². The second-order valence-corrected chi connectivity index (χ2v) is 7.12. The zero-order valence-corrected chi connectivity index (χ0v) is 15.9. The van der Waals surface area contributed by atoms with Crippen molar-refractivity contribution in [1.29, 1.82) is 0 Å². The minimum absolute atomic E-state index is 0.402. The third-order valence-corrected chi connectivity index (χ3v) is 4.73. The van der Waals surface area contributed by atoms with Gasteiger partial charge in [-0.05, 0) is 31.2 Å². The Hall–Kier alpha value is -1.08. The molecular weight excluding hydrogens is 290 g/mol. The molecule has 0 spiro atoms. The van der Waals surface area contributed by atoms with Gasteiger partial charge in [0.15, 0.2) is 0 Å². The summed E-state index contributed by atoms with van der Waals surface area (Å²) in [4.78, 5) is 0. The zero-order chi connectivity index (χ0) is 17.3. The van der Waals surface area contributed by atoms with E-state index >= 15 is 0 Å². The summed E-state index contributed by atoms with van der Waals surface area (Å²) in [7, 11) is 0. The summed E-state index contributed by atoms with van der Waals surface area (Å²) >= 11 is 0. The molecule has 1 unspecified atom stereocenters. The van der Waals surface area contributed by atoms with Crippen LogP contribution < -0.4 is 5.73 Å². The Morgan fingerprint density at radius 3 is 2.04 bits per heavy atom. The lowest BCUT2D eigenvalue weighted by Gasteiger charge is -2.10. The van der Waals surface area contributed by atoms with E-state index in [9.17, 15) is 0 Å². The summed E-state index contributed by atoms with van der Waals surface area (Å²) in [6, 6.07) is 10.9. The normalized spacial score (nSPS) is 12.8. The van der Waals surface area contributed by atoms with Crippen molar-refractivity contribution in [2.24, 2.45) is 5.73 Å². The predicted octanol–water partition coefficient (Wildman–Crippen LogP) is 7.12. The van der Waals surface area contributed by atoms with Gasteiger partial charge in [-0.3, -0.25) is 0 Å². The molecule has 1 rings (SSSR count). The average Bonchev–Trinajstić information content (AvgIpc) is 2.61. The van der Waals surface area contributed by atoms with Crippen LogP contribution in [0.2, 0.25) is 0 Å². The van der Waals surface area contributed by atoms with Crippen molar-refractivity contribution in [3.05, 3.63) is 42.0 Å². The Kier molecular flexibility index (Phi) is 13.5. The van der Waals surface area contributed by atoms with Gasteiger partial charge in [0.2, 0.25) is 0 Å². The molecule has 0 aliphatic carbocycles. The fourth-order valence-electron chi connectivity index (χ4n) is 3.14. The summed E-state index contributed by atoms with van der Waals surface area (Å²) in [6.07, 6.45) is 21.8. The topological polar surface area (TPSA) is 26.0 Å². The largest absolute Gasteiger partial charge is 0.328 e. The molecule has 0 fully saturated rings. The summed E-state index contributed by atoms with van der Waals surface area (Å²) in [5.74, 6) is 0. The molecule has 1 heteroatoms. The minimum Gasteiger partial charge on any atom is -0.328 e. The van der Waals surface area contributed by atoms with Gasteiger partial charge in [0.25, 0.3) is 0 Å². The molecule has 1 aromatic rings. The molecule has 1 nitrogen and oxygen atoms in total. The van der Waals surface area contributed by atoms with Gasteiger partial charge < -0.3 is 5.73 Å². The Bertz CT molecular complexity index is 396. The van der Waals surface area contributed by atoms with Gasteiger partial charge in [-0.2, -0.15) is 0 Å². The van der Waals surface area contributed by atoms with Crippen LogP contribution in [-0.2, 0) is 0 Å². The maximum Gasteiger partial charge on any atom is 0.00389 e. The molecule has 24 heavy (non-hydrogen) atoms. The Morgan fingerprint density at radius 1 is 0.792 bits per heavy atom. The molecule has 136 valence electrons. The second kappa shape index (κ2) is 15.4. The first-order chi connectivity index (χ1) is 11.8. The first-order valence-electron chi connectivity index (χ1n) is 10.3. The van der Waals surface area contributed by atoms with Crippen LogP contribution >= 0.6 is 0 Å². The zero-order valence-electron chi connectivity index (χ0n) is 15.9. The van der Waals surface area contributed by atoms with Gasteiger partial charge in [0.1, 0.15) is 0 Å². The van der Waals surface area contributed by atoms with Crippen LogP contribution in [0.3, 0.4) is 0 Å². The van der Waals surface area contributed by atoms with E-state index in [1.54, 1.807) is 0 Å². The lowest BCUT2D eigenvalue weighted by Crippen LogP contribution is -2.19. The first kappa shape index (κ1) is 21.0. The summed E-state index contributed by atoms with van der Waals surface area (Å²) in [5, 5.41) is 0.